The van der Waals surface area contributed by atoms with Crippen LogP contribution in [0.1, 0.15) is 22.6 Å². The largest absolute Gasteiger partial charge is 0.468 e. The maximum Gasteiger partial charge on any atom is 0.243 e. The minimum absolute atomic E-state index is 0.0445. The molecule has 0 radical (unpaired) electrons. The van der Waals surface area contributed by atoms with Crippen LogP contribution < -0.4 is 0 Å². The molecule has 1 aliphatic heterocycles. The number of aryl methyl sites for hydroxylation is 2. The second kappa shape index (κ2) is 9.94. The van der Waals surface area contributed by atoms with Gasteiger partial charge in [-0.25, -0.2) is 8.42 Å². The van der Waals surface area contributed by atoms with Gasteiger partial charge in [0.05, 0.1) is 37.1 Å². The summed E-state index contributed by atoms with van der Waals surface area (Å²) in [5.41, 5.74) is 1.63. The maximum absolute atomic E-state index is 13.2. The number of piperazine rings is 1. The highest BCUT2D eigenvalue weighted by Crippen LogP contribution is 2.22. The first-order valence-electron chi connectivity index (χ1n) is 11.0. The standard InChI is InChI=1S/C24H29N3O5S/c1-19-7-8-20(2)23(15-19)33(29,30)27-11-9-26(10-12-27)24(28)18-25(16-21-5-3-13-31-21)17-22-6-4-14-32-22/h3-8,13-15H,9-12,16-18H2,1-2H3. The molecule has 4 rings (SSSR count). The zero-order valence-electron chi connectivity index (χ0n) is 18.9. The van der Waals surface area contributed by atoms with Crippen molar-refractivity contribution in [1.82, 2.24) is 14.1 Å². The van der Waals surface area contributed by atoms with Gasteiger partial charge in [0.2, 0.25) is 15.9 Å². The molecule has 8 nitrogen and oxygen atoms in total. The van der Waals surface area contributed by atoms with Crippen LogP contribution in [0.25, 0.3) is 0 Å². The third kappa shape index (κ3) is 5.55. The molecule has 3 aromatic rings. The van der Waals surface area contributed by atoms with Gasteiger partial charge in [0.15, 0.2) is 0 Å². The summed E-state index contributed by atoms with van der Waals surface area (Å²) in [5.74, 6) is 1.48. The summed E-state index contributed by atoms with van der Waals surface area (Å²) in [6.45, 7) is 6.09. The number of amides is 1. The minimum atomic E-state index is -3.60. The number of rotatable bonds is 8. The van der Waals surface area contributed by atoms with E-state index in [-0.39, 0.29) is 25.5 Å². The van der Waals surface area contributed by atoms with Crippen molar-refractivity contribution in [3.8, 4) is 0 Å². The van der Waals surface area contributed by atoms with Gasteiger partial charge in [-0.15, -0.1) is 0 Å². The van der Waals surface area contributed by atoms with E-state index in [0.717, 1.165) is 22.6 Å². The van der Waals surface area contributed by atoms with Crippen LogP contribution in [-0.2, 0) is 27.9 Å². The van der Waals surface area contributed by atoms with Crippen molar-refractivity contribution >= 4 is 15.9 Å². The van der Waals surface area contributed by atoms with E-state index in [1.807, 2.05) is 48.2 Å². The summed E-state index contributed by atoms with van der Waals surface area (Å²) in [5, 5.41) is 0. The van der Waals surface area contributed by atoms with Gasteiger partial charge in [-0.3, -0.25) is 9.69 Å². The number of benzene rings is 1. The highest BCUT2D eigenvalue weighted by Gasteiger charge is 2.31. The fourth-order valence-electron chi connectivity index (χ4n) is 4.01. The molecular weight excluding hydrogens is 442 g/mol. The second-order valence-electron chi connectivity index (χ2n) is 8.36. The van der Waals surface area contributed by atoms with Gasteiger partial charge in [-0.2, -0.15) is 4.31 Å². The van der Waals surface area contributed by atoms with Crippen LogP contribution in [0.15, 0.2) is 68.7 Å². The number of furan rings is 2. The SMILES string of the molecule is Cc1ccc(C)c(S(=O)(=O)N2CCN(C(=O)CN(Cc3ccco3)Cc3ccco3)CC2)c1. The normalized spacial score (nSPS) is 15.3. The van der Waals surface area contributed by atoms with E-state index in [1.165, 1.54) is 4.31 Å². The lowest BCUT2D eigenvalue weighted by atomic mass is 10.2. The van der Waals surface area contributed by atoms with Gasteiger partial charge in [0, 0.05) is 26.2 Å². The van der Waals surface area contributed by atoms with Crippen LogP contribution >= 0.6 is 0 Å². The van der Waals surface area contributed by atoms with Crippen LogP contribution in [-0.4, -0.2) is 61.2 Å². The third-order valence-electron chi connectivity index (χ3n) is 5.83. The minimum Gasteiger partial charge on any atom is -0.468 e. The molecule has 1 saturated heterocycles. The highest BCUT2D eigenvalue weighted by molar-refractivity contribution is 7.89. The molecule has 0 saturated carbocycles. The Morgan fingerprint density at radius 3 is 2.09 bits per heavy atom. The summed E-state index contributed by atoms with van der Waals surface area (Å²) in [6, 6.07) is 12.8. The number of hydrogen-bond acceptors (Lipinski definition) is 6. The summed E-state index contributed by atoms with van der Waals surface area (Å²) in [7, 11) is -3.60. The molecule has 0 atom stereocenters. The van der Waals surface area contributed by atoms with Crippen molar-refractivity contribution in [3.05, 3.63) is 77.6 Å². The van der Waals surface area contributed by atoms with Gasteiger partial charge in [-0.1, -0.05) is 12.1 Å². The Hall–Kier alpha value is -2.88. The fraction of sp³-hybridized carbons (Fsp3) is 0.375. The molecule has 1 aromatic carbocycles. The Bertz CT molecular complexity index is 1130. The first-order chi connectivity index (χ1) is 15.8. The molecule has 0 bridgehead atoms. The Balaban J connectivity index is 1.39. The van der Waals surface area contributed by atoms with Crippen molar-refractivity contribution in [3.63, 3.8) is 0 Å². The van der Waals surface area contributed by atoms with Gasteiger partial charge in [-0.05, 0) is 55.3 Å². The Labute approximate surface area is 194 Å². The van der Waals surface area contributed by atoms with Gasteiger partial charge in [0.25, 0.3) is 0 Å². The van der Waals surface area contributed by atoms with Gasteiger partial charge < -0.3 is 13.7 Å². The molecule has 33 heavy (non-hydrogen) atoms. The van der Waals surface area contributed by atoms with Crippen molar-refractivity contribution in [2.45, 2.75) is 31.8 Å². The number of carbonyl (C=O) groups excluding carboxylic acids is 1. The second-order valence-corrected chi connectivity index (χ2v) is 10.3. The van der Waals surface area contributed by atoms with Crippen LogP contribution in [0.2, 0.25) is 0 Å². The van der Waals surface area contributed by atoms with Crippen LogP contribution in [0, 0.1) is 13.8 Å². The lowest BCUT2D eigenvalue weighted by Gasteiger charge is -2.35. The van der Waals surface area contributed by atoms with E-state index in [0.29, 0.717) is 31.1 Å². The molecule has 1 aliphatic rings. The molecule has 0 spiro atoms. The number of sulfonamides is 1. The first kappa shape index (κ1) is 23.3. The fourth-order valence-corrected chi connectivity index (χ4v) is 5.74. The molecule has 2 aromatic heterocycles. The van der Waals surface area contributed by atoms with Crippen molar-refractivity contribution < 1.29 is 22.0 Å². The number of carbonyl (C=O) groups is 1. The van der Waals surface area contributed by atoms with Crippen LogP contribution in [0.3, 0.4) is 0 Å². The molecule has 0 aliphatic carbocycles. The van der Waals surface area contributed by atoms with E-state index in [2.05, 4.69) is 0 Å². The van der Waals surface area contributed by atoms with Gasteiger partial charge in [0.1, 0.15) is 11.5 Å². The third-order valence-corrected chi connectivity index (χ3v) is 7.87. The van der Waals surface area contributed by atoms with E-state index < -0.39 is 10.0 Å². The van der Waals surface area contributed by atoms with E-state index in [9.17, 15) is 13.2 Å². The molecule has 1 amide bonds. The summed E-state index contributed by atoms with van der Waals surface area (Å²) < 4.78 is 38.7. The maximum atomic E-state index is 13.2. The average molecular weight is 472 g/mol. The monoisotopic (exact) mass is 471 g/mol. The molecule has 1 fully saturated rings. The molecule has 9 heteroatoms. The van der Waals surface area contributed by atoms with Crippen molar-refractivity contribution in [1.29, 1.82) is 0 Å². The molecule has 176 valence electrons. The van der Waals surface area contributed by atoms with E-state index >= 15 is 0 Å². The zero-order valence-corrected chi connectivity index (χ0v) is 19.8. The van der Waals surface area contributed by atoms with Crippen LogP contribution in [0.4, 0.5) is 0 Å². The number of hydrogen-bond donors (Lipinski definition) is 0. The van der Waals surface area contributed by atoms with Crippen LogP contribution in [0.5, 0.6) is 0 Å². The Kier molecular flexibility index (Phi) is 7.02. The molecular formula is C24H29N3O5S. The quantitative estimate of drug-likeness (QED) is 0.502. The lowest BCUT2D eigenvalue weighted by molar-refractivity contribution is -0.134. The predicted molar refractivity (Wildman–Crippen MR) is 123 cm³/mol. The molecule has 0 N–H and O–H groups in total. The summed E-state index contributed by atoms with van der Waals surface area (Å²) >= 11 is 0. The number of nitrogens with zero attached hydrogens (tertiary/aromatic N) is 3. The zero-order chi connectivity index (χ0) is 23.4. The van der Waals surface area contributed by atoms with E-state index in [4.69, 9.17) is 8.83 Å². The smallest absolute Gasteiger partial charge is 0.243 e. The summed E-state index contributed by atoms with van der Waals surface area (Å²) in [4.78, 5) is 17.1. The van der Waals surface area contributed by atoms with Gasteiger partial charge >= 0.3 is 0 Å². The Morgan fingerprint density at radius 2 is 1.55 bits per heavy atom. The Morgan fingerprint density at radius 1 is 0.939 bits per heavy atom. The van der Waals surface area contributed by atoms with E-state index in [1.54, 1.807) is 30.4 Å². The summed E-state index contributed by atoms with van der Waals surface area (Å²) in [6.07, 6.45) is 3.22. The molecule has 3 heterocycles. The first-order valence-corrected chi connectivity index (χ1v) is 12.4. The van der Waals surface area contributed by atoms with Crippen molar-refractivity contribution in [2.24, 2.45) is 0 Å². The molecule has 0 unspecified atom stereocenters. The predicted octanol–water partition coefficient (Wildman–Crippen LogP) is 3.02. The highest BCUT2D eigenvalue weighted by atomic mass is 32.2. The lowest BCUT2D eigenvalue weighted by Crippen LogP contribution is -2.52. The average Bonchev–Trinajstić information content (AvgIpc) is 3.50. The van der Waals surface area contributed by atoms with Crippen molar-refractivity contribution in [2.75, 3.05) is 32.7 Å². The topological polar surface area (TPSA) is 87.2 Å².